The second kappa shape index (κ2) is 6.45. The third kappa shape index (κ3) is 3.61. The number of aryl methyl sites for hydroxylation is 1. The molecule has 0 spiro atoms. The van der Waals surface area contributed by atoms with E-state index in [9.17, 15) is 0 Å². The fourth-order valence-electron chi connectivity index (χ4n) is 1.15. The average Bonchev–Trinajstić information content (AvgIpc) is 2.66. The van der Waals surface area contributed by atoms with Gasteiger partial charge < -0.3 is 0 Å². The van der Waals surface area contributed by atoms with Crippen molar-refractivity contribution in [3.63, 3.8) is 0 Å². The van der Waals surface area contributed by atoms with E-state index in [0.29, 0.717) is 4.83 Å². The van der Waals surface area contributed by atoms with Crippen molar-refractivity contribution in [2.45, 2.75) is 31.1 Å². The molecule has 0 aromatic carbocycles. The summed E-state index contributed by atoms with van der Waals surface area (Å²) >= 11 is 5.43. The maximum atomic E-state index is 4.12. The Morgan fingerprint density at radius 2 is 2.43 bits per heavy atom. The van der Waals surface area contributed by atoms with E-state index in [2.05, 4.69) is 39.4 Å². The monoisotopic (exact) mass is 277 g/mol. The van der Waals surface area contributed by atoms with Gasteiger partial charge in [0.25, 0.3) is 0 Å². The van der Waals surface area contributed by atoms with Crippen LogP contribution in [0, 0.1) is 0 Å². The minimum Gasteiger partial charge on any atom is -0.252 e. The van der Waals surface area contributed by atoms with E-state index < -0.39 is 0 Å². The van der Waals surface area contributed by atoms with Crippen LogP contribution in [-0.2, 0) is 6.54 Å². The molecule has 0 saturated heterocycles. The molecule has 0 bridgehead atoms. The molecule has 0 aliphatic rings. The molecule has 0 radical (unpaired) electrons. The summed E-state index contributed by atoms with van der Waals surface area (Å²) in [6.45, 7) is 3.10. The highest BCUT2D eigenvalue weighted by molar-refractivity contribution is 9.09. The van der Waals surface area contributed by atoms with Crippen LogP contribution in [-0.4, -0.2) is 27.0 Å². The van der Waals surface area contributed by atoms with Crippen molar-refractivity contribution in [1.29, 1.82) is 0 Å². The summed E-state index contributed by atoms with van der Waals surface area (Å²) in [6, 6.07) is 0. The first-order chi connectivity index (χ1) is 6.77. The molecule has 80 valence electrons. The summed E-state index contributed by atoms with van der Waals surface area (Å²) < 4.78 is 1.93. The Balaban J connectivity index is 2.42. The molecule has 0 aliphatic heterocycles. The van der Waals surface area contributed by atoms with E-state index in [1.54, 1.807) is 0 Å². The number of hydrogen-bond acceptors (Lipinski definition) is 3. The zero-order chi connectivity index (χ0) is 10.4. The lowest BCUT2D eigenvalue weighted by Crippen LogP contribution is -1.99. The quantitative estimate of drug-likeness (QED) is 0.592. The largest absolute Gasteiger partial charge is 0.252 e. The van der Waals surface area contributed by atoms with Gasteiger partial charge in [0.1, 0.15) is 0 Å². The van der Waals surface area contributed by atoms with Gasteiger partial charge in [0.15, 0.2) is 0 Å². The number of aromatic nitrogens is 3. The second-order valence-electron chi connectivity index (χ2n) is 3.13. The van der Waals surface area contributed by atoms with Gasteiger partial charge in [-0.05, 0) is 24.9 Å². The Labute approximate surface area is 97.8 Å². The van der Waals surface area contributed by atoms with Crippen LogP contribution in [0.15, 0.2) is 6.20 Å². The highest BCUT2D eigenvalue weighted by atomic mass is 79.9. The molecular formula is C9H16BrN3S. The molecular weight excluding hydrogens is 262 g/mol. The molecule has 0 fully saturated rings. The topological polar surface area (TPSA) is 30.7 Å². The second-order valence-corrected chi connectivity index (χ2v) is 5.22. The van der Waals surface area contributed by atoms with E-state index in [1.807, 2.05) is 22.6 Å². The van der Waals surface area contributed by atoms with Crippen molar-refractivity contribution < 1.29 is 0 Å². The Morgan fingerprint density at radius 1 is 1.64 bits per heavy atom. The van der Waals surface area contributed by atoms with Crippen LogP contribution >= 0.6 is 27.7 Å². The summed E-state index contributed by atoms with van der Waals surface area (Å²) in [5.41, 5.74) is 1.04. The van der Waals surface area contributed by atoms with E-state index in [0.717, 1.165) is 25.1 Å². The lowest BCUT2D eigenvalue weighted by molar-refractivity contribution is 0.582. The van der Waals surface area contributed by atoms with E-state index in [1.165, 1.54) is 5.75 Å². The highest BCUT2D eigenvalue weighted by Crippen LogP contribution is 2.23. The van der Waals surface area contributed by atoms with Gasteiger partial charge in [0, 0.05) is 12.7 Å². The van der Waals surface area contributed by atoms with Crippen molar-refractivity contribution in [3.8, 4) is 0 Å². The van der Waals surface area contributed by atoms with Gasteiger partial charge in [-0.25, -0.2) is 0 Å². The Bertz CT molecular complexity index is 264. The molecule has 1 aromatic heterocycles. The Hall–Kier alpha value is -0.0300. The zero-order valence-corrected chi connectivity index (χ0v) is 11.0. The molecule has 0 saturated carbocycles. The molecule has 1 unspecified atom stereocenters. The standard InChI is InChI=1S/C9H16BrN3S/c1-3-8(10)9-7-13(12-11-9)5-4-6-14-2/h7-8H,3-6H2,1-2H3. The molecule has 1 rings (SSSR count). The van der Waals surface area contributed by atoms with Crippen LogP contribution in [0.1, 0.15) is 30.3 Å². The van der Waals surface area contributed by atoms with Crippen LogP contribution in [0.25, 0.3) is 0 Å². The highest BCUT2D eigenvalue weighted by Gasteiger charge is 2.08. The number of halogens is 1. The first kappa shape index (κ1) is 12.0. The zero-order valence-electron chi connectivity index (χ0n) is 8.61. The normalized spacial score (nSPS) is 13.1. The first-order valence-corrected chi connectivity index (χ1v) is 7.12. The van der Waals surface area contributed by atoms with Crippen molar-refractivity contribution >= 4 is 27.7 Å². The van der Waals surface area contributed by atoms with Crippen molar-refractivity contribution in [3.05, 3.63) is 11.9 Å². The average molecular weight is 278 g/mol. The minimum atomic E-state index is 0.344. The predicted molar refractivity (Wildman–Crippen MR) is 65.0 cm³/mol. The van der Waals surface area contributed by atoms with Gasteiger partial charge in [-0.3, -0.25) is 4.68 Å². The van der Waals surface area contributed by atoms with Crippen LogP contribution in [0.2, 0.25) is 0 Å². The molecule has 1 atom stereocenters. The SMILES string of the molecule is CCC(Br)c1cn(CCCSC)nn1. The van der Waals surface area contributed by atoms with Crippen LogP contribution in [0.5, 0.6) is 0 Å². The minimum absolute atomic E-state index is 0.344. The van der Waals surface area contributed by atoms with E-state index >= 15 is 0 Å². The van der Waals surface area contributed by atoms with E-state index in [-0.39, 0.29) is 0 Å². The summed E-state index contributed by atoms with van der Waals surface area (Å²) in [5.74, 6) is 1.18. The molecule has 14 heavy (non-hydrogen) atoms. The maximum Gasteiger partial charge on any atom is 0.0963 e. The fourth-order valence-corrected chi connectivity index (χ4v) is 1.77. The van der Waals surface area contributed by atoms with Crippen LogP contribution in [0.4, 0.5) is 0 Å². The number of alkyl halides is 1. The Morgan fingerprint density at radius 3 is 3.07 bits per heavy atom. The number of nitrogens with zero attached hydrogens (tertiary/aromatic N) is 3. The van der Waals surface area contributed by atoms with Crippen molar-refractivity contribution in [2.24, 2.45) is 0 Å². The molecule has 0 aliphatic carbocycles. The van der Waals surface area contributed by atoms with Gasteiger partial charge in [-0.1, -0.05) is 28.1 Å². The number of thioether (sulfide) groups is 1. The number of hydrogen-bond donors (Lipinski definition) is 0. The Kier molecular flexibility index (Phi) is 5.55. The molecule has 5 heteroatoms. The third-order valence-electron chi connectivity index (χ3n) is 1.97. The summed E-state index contributed by atoms with van der Waals surface area (Å²) in [5, 5.41) is 8.21. The van der Waals surface area contributed by atoms with Gasteiger partial charge in [0.2, 0.25) is 0 Å². The van der Waals surface area contributed by atoms with Gasteiger partial charge in [0.05, 0.1) is 10.5 Å². The predicted octanol–water partition coefficient (Wildman–Crippen LogP) is 2.88. The molecule has 0 N–H and O–H groups in total. The lowest BCUT2D eigenvalue weighted by atomic mass is 10.3. The summed E-state index contributed by atoms with van der Waals surface area (Å²) in [7, 11) is 0. The molecule has 3 nitrogen and oxygen atoms in total. The van der Waals surface area contributed by atoms with Crippen molar-refractivity contribution in [1.82, 2.24) is 15.0 Å². The first-order valence-electron chi connectivity index (χ1n) is 4.81. The van der Waals surface area contributed by atoms with E-state index in [4.69, 9.17) is 0 Å². The van der Waals surface area contributed by atoms with Crippen LogP contribution < -0.4 is 0 Å². The number of rotatable bonds is 6. The molecule has 1 heterocycles. The van der Waals surface area contributed by atoms with Gasteiger partial charge in [-0.15, -0.1) is 5.10 Å². The van der Waals surface area contributed by atoms with Crippen LogP contribution in [0.3, 0.4) is 0 Å². The third-order valence-corrected chi connectivity index (χ3v) is 3.78. The molecule has 0 amide bonds. The molecule has 1 aromatic rings. The lowest BCUT2D eigenvalue weighted by Gasteiger charge is -1.99. The van der Waals surface area contributed by atoms with Crippen molar-refractivity contribution in [2.75, 3.05) is 12.0 Å². The summed E-state index contributed by atoms with van der Waals surface area (Å²) in [4.78, 5) is 0.344. The summed E-state index contributed by atoms with van der Waals surface area (Å²) in [6.07, 6.45) is 6.36. The fraction of sp³-hybridized carbons (Fsp3) is 0.778. The smallest absolute Gasteiger partial charge is 0.0963 e. The van der Waals surface area contributed by atoms with Gasteiger partial charge >= 0.3 is 0 Å². The maximum absolute atomic E-state index is 4.12. The van der Waals surface area contributed by atoms with Gasteiger partial charge in [-0.2, -0.15) is 11.8 Å².